The molecule has 0 aromatic heterocycles. The number of nitrogens with zero attached hydrogens (tertiary/aromatic N) is 1. The van der Waals surface area contributed by atoms with Crippen LogP contribution in [0.1, 0.15) is 12.5 Å². The van der Waals surface area contributed by atoms with Crippen LogP contribution >= 0.6 is 0 Å². The summed E-state index contributed by atoms with van der Waals surface area (Å²) in [7, 11) is 0. The Hall–Kier alpha value is -1.76. The van der Waals surface area contributed by atoms with Crippen molar-refractivity contribution in [2.45, 2.75) is 19.2 Å². The second-order valence-electron chi connectivity index (χ2n) is 6.18. The molecule has 23 heavy (non-hydrogen) atoms. The lowest BCUT2D eigenvalue weighted by atomic mass is 10.0. The van der Waals surface area contributed by atoms with Crippen molar-refractivity contribution in [2.75, 3.05) is 26.2 Å². The summed E-state index contributed by atoms with van der Waals surface area (Å²) in [5, 5.41) is 3.28. The molecule has 3 rings (SSSR count). The van der Waals surface area contributed by atoms with E-state index in [9.17, 15) is 18.0 Å². The van der Waals surface area contributed by atoms with Crippen LogP contribution in [0.2, 0.25) is 0 Å². The van der Waals surface area contributed by atoms with Gasteiger partial charge < -0.3 is 15.0 Å². The van der Waals surface area contributed by atoms with Gasteiger partial charge in [0.1, 0.15) is 5.75 Å². The van der Waals surface area contributed by atoms with Crippen molar-refractivity contribution in [1.82, 2.24) is 10.2 Å². The summed E-state index contributed by atoms with van der Waals surface area (Å²) in [6.45, 7) is 4.57. The third-order valence-corrected chi connectivity index (χ3v) is 4.55. The zero-order chi connectivity index (χ0) is 16.6. The fourth-order valence-electron chi connectivity index (χ4n) is 3.34. The number of amides is 1. The van der Waals surface area contributed by atoms with Gasteiger partial charge in [0.25, 0.3) is 5.91 Å². The summed E-state index contributed by atoms with van der Waals surface area (Å²) in [6.07, 6.45) is -5.44. The van der Waals surface area contributed by atoms with Crippen LogP contribution in [0.4, 0.5) is 13.2 Å². The maximum atomic E-state index is 13.0. The molecule has 1 aromatic rings. The monoisotopic (exact) mass is 328 g/mol. The van der Waals surface area contributed by atoms with E-state index in [1.807, 2.05) is 0 Å². The second-order valence-corrected chi connectivity index (χ2v) is 6.18. The third kappa shape index (κ3) is 3.29. The number of hydrogen-bond donors (Lipinski definition) is 1. The van der Waals surface area contributed by atoms with E-state index in [0.717, 1.165) is 19.2 Å². The Labute approximate surface area is 132 Å². The Balaban J connectivity index is 1.68. The number of para-hydroxylation sites is 1. The molecular weight excluding hydrogens is 309 g/mol. The molecular formula is C16H19F3N2O2. The molecule has 1 aromatic carbocycles. The van der Waals surface area contributed by atoms with Gasteiger partial charge in [-0.3, -0.25) is 4.79 Å². The van der Waals surface area contributed by atoms with E-state index >= 15 is 0 Å². The van der Waals surface area contributed by atoms with Crippen molar-refractivity contribution >= 4 is 5.91 Å². The van der Waals surface area contributed by atoms with E-state index < -0.39 is 17.8 Å². The first-order valence-electron chi connectivity index (χ1n) is 7.68. The molecule has 0 bridgehead atoms. The van der Waals surface area contributed by atoms with E-state index in [2.05, 4.69) is 5.32 Å². The van der Waals surface area contributed by atoms with Crippen molar-refractivity contribution < 1.29 is 22.7 Å². The highest BCUT2D eigenvalue weighted by atomic mass is 19.4. The SMILES string of the molecule is CC(Oc1ccccc1C(F)(F)F)C(=O)N1C[C@H]2CNC[C@H]2C1. The lowest BCUT2D eigenvalue weighted by Crippen LogP contribution is -2.40. The second kappa shape index (κ2) is 6.03. The maximum Gasteiger partial charge on any atom is 0.419 e. The van der Waals surface area contributed by atoms with Gasteiger partial charge >= 0.3 is 6.18 Å². The number of hydrogen-bond acceptors (Lipinski definition) is 3. The van der Waals surface area contributed by atoms with Crippen molar-refractivity contribution in [3.63, 3.8) is 0 Å². The predicted octanol–water partition coefficient (Wildman–Crippen LogP) is 2.15. The maximum absolute atomic E-state index is 13.0. The molecule has 0 aliphatic carbocycles. The standard InChI is InChI=1S/C16H19F3N2O2/c1-10(15(22)21-8-11-6-20-7-12(11)9-21)23-14-5-3-2-4-13(14)16(17,18)19/h2-5,10-12,20H,6-9H2,1H3/t10?,11-,12+. The van der Waals surface area contributed by atoms with E-state index in [1.54, 1.807) is 4.90 Å². The largest absolute Gasteiger partial charge is 0.480 e. The molecule has 1 unspecified atom stereocenters. The van der Waals surface area contributed by atoms with Gasteiger partial charge in [0.15, 0.2) is 6.10 Å². The smallest absolute Gasteiger partial charge is 0.419 e. The highest BCUT2D eigenvalue weighted by molar-refractivity contribution is 5.81. The van der Waals surface area contributed by atoms with Crippen molar-refractivity contribution in [1.29, 1.82) is 0 Å². The molecule has 3 atom stereocenters. The number of rotatable bonds is 3. The number of carbonyl (C=O) groups is 1. The van der Waals surface area contributed by atoms with E-state index in [4.69, 9.17) is 4.74 Å². The number of benzene rings is 1. The average molecular weight is 328 g/mol. The number of ether oxygens (including phenoxy) is 1. The molecule has 2 fully saturated rings. The van der Waals surface area contributed by atoms with Crippen LogP contribution in [0, 0.1) is 11.8 Å². The van der Waals surface area contributed by atoms with Crippen LogP contribution in [-0.2, 0) is 11.0 Å². The zero-order valence-corrected chi connectivity index (χ0v) is 12.8. The number of likely N-dealkylation sites (tertiary alicyclic amines) is 1. The minimum Gasteiger partial charge on any atom is -0.480 e. The van der Waals surface area contributed by atoms with Gasteiger partial charge in [0.05, 0.1) is 5.56 Å². The highest BCUT2D eigenvalue weighted by Crippen LogP contribution is 2.36. The molecule has 2 aliphatic heterocycles. The van der Waals surface area contributed by atoms with Crippen LogP contribution in [0.3, 0.4) is 0 Å². The summed E-state index contributed by atoms with van der Waals surface area (Å²) < 4.78 is 44.3. The van der Waals surface area contributed by atoms with Gasteiger partial charge in [-0.2, -0.15) is 13.2 Å². The molecule has 4 nitrogen and oxygen atoms in total. The van der Waals surface area contributed by atoms with E-state index in [0.29, 0.717) is 24.9 Å². The van der Waals surface area contributed by atoms with Crippen molar-refractivity contribution in [3.8, 4) is 5.75 Å². The number of carbonyl (C=O) groups excluding carboxylic acids is 1. The number of nitrogens with one attached hydrogen (secondary N) is 1. The Morgan fingerprint density at radius 3 is 2.48 bits per heavy atom. The lowest BCUT2D eigenvalue weighted by Gasteiger charge is -2.23. The summed E-state index contributed by atoms with van der Waals surface area (Å²) in [5.41, 5.74) is -0.859. The summed E-state index contributed by atoms with van der Waals surface area (Å²) >= 11 is 0. The van der Waals surface area contributed by atoms with Gasteiger partial charge in [-0.05, 0) is 30.9 Å². The van der Waals surface area contributed by atoms with Crippen LogP contribution in [0.25, 0.3) is 0 Å². The molecule has 1 amide bonds. The van der Waals surface area contributed by atoms with Crippen LogP contribution in [-0.4, -0.2) is 43.1 Å². The Morgan fingerprint density at radius 2 is 1.87 bits per heavy atom. The first kappa shape index (κ1) is 16.1. The minimum atomic E-state index is -4.50. The summed E-state index contributed by atoms with van der Waals surface area (Å²) in [6, 6.07) is 4.97. The molecule has 2 heterocycles. The van der Waals surface area contributed by atoms with Gasteiger partial charge in [-0.15, -0.1) is 0 Å². The molecule has 1 N–H and O–H groups in total. The van der Waals surface area contributed by atoms with Gasteiger partial charge in [-0.1, -0.05) is 12.1 Å². The normalized spacial score (nSPS) is 25.3. The number of alkyl halides is 3. The molecule has 7 heteroatoms. The first-order valence-corrected chi connectivity index (χ1v) is 7.68. The van der Waals surface area contributed by atoms with E-state index in [1.165, 1.54) is 25.1 Å². The molecule has 2 aliphatic rings. The molecule has 126 valence electrons. The summed E-state index contributed by atoms with van der Waals surface area (Å²) in [4.78, 5) is 14.1. The van der Waals surface area contributed by atoms with Gasteiger partial charge in [-0.25, -0.2) is 0 Å². The molecule has 0 spiro atoms. The minimum absolute atomic E-state index is 0.253. The Morgan fingerprint density at radius 1 is 1.26 bits per heavy atom. The molecule has 0 saturated carbocycles. The van der Waals surface area contributed by atoms with Crippen molar-refractivity contribution in [2.24, 2.45) is 11.8 Å². The van der Waals surface area contributed by atoms with Crippen LogP contribution in [0.5, 0.6) is 5.75 Å². The summed E-state index contributed by atoms with van der Waals surface area (Å²) in [5.74, 6) is 0.320. The molecule has 0 radical (unpaired) electrons. The third-order valence-electron chi connectivity index (χ3n) is 4.55. The van der Waals surface area contributed by atoms with Gasteiger partial charge in [0, 0.05) is 26.2 Å². The fourth-order valence-corrected chi connectivity index (χ4v) is 3.34. The topological polar surface area (TPSA) is 41.6 Å². The van der Waals surface area contributed by atoms with Crippen molar-refractivity contribution in [3.05, 3.63) is 29.8 Å². The Bertz CT molecular complexity index is 579. The number of halogens is 3. The van der Waals surface area contributed by atoms with Crippen LogP contribution in [0.15, 0.2) is 24.3 Å². The average Bonchev–Trinajstić information content (AvgIpc) is 3.07. The van der Waals surface area contributed by atoms with Crippen LogP contribution < -0.4 is 10.1 Å². The van der Waals surface area contributed by atoms with Gasteiger partial charge in [0.2, 0.25) is 0 Å². The first-order chi connectivity index (χ1) is 10.9. The number of fused-ring (bicyclic) bond motifs is 1. The zero-order valence-electron chi connectivity index (χ0n) is 12.8. The molecule has 2 saturated heterocycles. The highest BCUT2D eigenvalue weighted by Gasteiger charge is 2.40. The Kier molecular flexibility index (Phi) is 4.23. The predicted molar refractivity (Wildman–Crippen MR) is 78.0 cm³/mol. The van der Waals surface area contributed by atoms with E-state index in [-0.39, 0.29) is 11.7 Å². The fraction of sp³-hybridized carbons (Fsp3) is 0.562. The quantitative estimate of drug-likeness (QED) is 0.924. The lowest BCUT2D eigenvalue weighted by molar-refractivity contribution is -0.143.